The number of anilines is 2. The van der Waals surface area contributed by atoms with Gasteiger partial charge in [0, 0.05) is 11.4 Å². The molecule has 0 saturated heterocycles. The van der Waals surface area contributed by atoms with E-state index in [0.29, 0.717) is 12.8 Å². The van der Waals surface area contributed by atoms with E-state index in [2.05, 4.69) is 10.6 Å². The second-order valence-corrected chi connectivity index (χ2v) is 9.28. The molecule has 0 aliphatic heterocycles. The quantitative estimate of drug-likeness (QED) is 0.260. The van der Waals surface area contributed by atoms with E-state index in [-0.39, 0.29) is 49.2 Å². The molecule has 4 amide bonds. The first-order valence-corrected chi connectivity index (χ1v) is 11.9. The van der Waals surface area contributed by atoms with Crippen LogP contribution in [0.2, 0.25) is 0 Å². The Bertz CT molecular complexity index is 1140. The predicted octanol–water partition coefficient (Wildman–Crippen LogP) is 8.02. The summed E-state index contributed by atoms with van der Waals surface area (Å²) in [4.78, 5) is 24.9. The van der Waals surface area contributed by atoms with Crippen LogP contribution in [-0.2, 0) is 24.7 Å². The molecule has 0 spiro atoms. The maximum Gasteiger partial charge on any atom is 0.416 e. The highest BCUT2D eigenvalue weighted by Gasteiger charge is 2.39. The lowest BCUT2D eigenvalue weighted by atomic mass is 9.90. The van der Waals surface area contributed by atoms with Crippen molar-refractivity contribution in [2.75, 3.05) is 10.6 Å². The van der Waals surface area contributed by atoms with Crippen molar-refractivity contribution in [1.29, 1.82) is 0 Å². The van der Waals surface area contributed by atoms with Gasteiger partial charge < -0.3 is 21.3 Å². The molecule has 0 heterocycles. The van der Waals surface area contributed by atoms with Gasteiger partial charge in [0.15, 0.2) is 0 Å². The summed E-state index contributed by atoms with van der Waals surface area (Å²) in [6.45, 7) is 0. The highest BCUT2D eigenvalue weighted by atomic mass is 19.4. The molecule has 1 saturated carbocycles. The third kappa shape index (κ3) is 8.82. The highest BCUT2D eigenvalue weighted by molar-refractivity contribution is 5.91. The van der Waals surface area contributed by atoms with E-state index in [9.17, 15) is 62.3 Å². The topological polar surface area (TPSA) is 82.3 Å². The lowest BCUT2D eigenvalue weighted by Gasteiger charge is -2.32. The minimum atomic E-state index is -5.17. The van der Waals surface area contributed by atoms with Crippen LogP contribution in [0, 0.1) is 0 Å². The maximum atomic E-state index is 13.1. The Morgan fingerprint density at radius 2 is 0.762 bits per heavy atom. The third-order valence-corrected chi connectivity index (χ3v) is 6.09. The summed E-state index contributed by atoms with van der Waals surface area (Å²) in [5.74, 6) is 0. The lowest BCUT2D eigenvalue weighted by Crippen LogP contribution is -2.54. The van der Waals surface area contributed by atoms with Crippen LogP contribution in [0.15, 0.2) is 36.4 Å². The highest BCUT2D eigenvalue weighted by Crippen LogP contribution is 2.39. The van der Waals surface area contributed by atoms with Crippen LogP contribution in [0.25, 0.3) is 0 Å². The molecule has 232 valence electrons. The normalized spacial score (nSPS) is 18.3. The zero-order valence-electron chi connectivity index (χ0n) is 20.8. The molecule has 18 heteroatoms. The largest absolute Gasteiger partial charge is 0.416 e. The molecule has 2 atom stereocenters. The fraction of sp³-hybridized carbons (Fsp3) is 0.417. The molecule has 0 aromatic heterocycles. The second-order valence-electron chi connectivity index (χ2n) is 9.28. The first-order chi connectivity index (χ1) is 19.1. The molecule has 4 N–H and O–H groups in total. The van der Waals surface area contributed by atoms with Crippen LogP contribution in [0.3, 0.4) is 0 Å². The number of hydrogen-bond acceptors (Lipinski definition) is 2. The van der Waals surface area contributed by atoms with Crippen LogP contribution in [0.1, 0.15) is 47.9 Å². The smallest absolute Gasteiger partial charge is 0.333 e. The van der Waals surface area contributed by atoms with Crippen molar-refractivity contribution in [2.24, 2.45) is 0 Å². The Kier molecular flexibility index (Phi) is 9.17. The number of alkyl halides is 12. The summed E-state index contributed by atoms with van der Waals surface area (Å²) in [7, 11) is 0. The summed E-state index contributed by atoms with van der Waals surface area (Å²) >= 11 is 0. The average molecular weight is 624 g/mol. The van der Waals surface area contributed by atoms with Gasteiger partial charge in [-0.2, -0.15) is 52.7 Å². The number of amides is 4. The molecule has 0 bridgehead atoms. The molecule has 0 unspecified atom stereocenters. The molecule has 42 heavy (non-hydrogen) atoms. The first kappa shape index (κ1) is 32.7. The molecule has 3 rings (SSSR count). The van der Waals surface area contributed by atoms with Crippen molar-refractivity contribution >= 4 is 23.4 Å². The number of carbonyl (C=O) groups excluding carboxylic acids is 2. The van der Waals surface area contributed by atoms with Gasteiger partial charge in [0.2, 0.25) is 0 Å². The van der Waals surface area contributed by atoms with E-state index in [0.717, 1.165) is 0 Å². The van der Waals surface area contributed by atoms with Gasteiger partial charge in [0.25, 0.3) is 0 Å². The lowest BCUT2D eigenvalue weighted by molar-refractivity contribution is -0.144. The number of halogens is 12. The standard InChI is InChI=1S/C24H20F12N4O2/c25-21(26,27)11-5-12(22(28,29)30)8-15(7-11)37-19(41)39-17-3-1-2-4-18(17)40-20(42)38-16-9-13(23(31,32)33)6-14(10-16)24(34,35)36/h5-10,17-18H,1-4H2,(H2,37,39,41)(H2,38,40,42)/t17-,18-/m0/s1. The fourth-order valence-corrected chi connectivity index (χ4v) is 4.20. The summed E-state index contributed by atoms with van der Waals surface area (Å²) in [6.07, 6.45) is -19.4. The van der Waals surface area contributed by atoms with Crippen LogP contribution >= 0.6 is 0 Å². The van der Waals surface area contributed by atoms with Crippen LogP contribution in [-0.4, -0.2) is 24.1 Å². The third-order valence-electron chi connectivity index (χ3n) is 6.09. The van der Waals surface area contributed by atoms with Gasteiger partial charge in [-0.3, -0.25) is 0 Å². The monoisotopic (exact) mass is 624 g/mol. The summed E-state index contributed by atoms with van der Waals surface area (Å²) in [5, 5.41) is 8.37. The molecule has 2 aromatic rings. The Labute approximate surface area is 228 Å². The van der Waals surface area contributed by atoms with Gasteiger partial charge in [0.05, 0.1) is 34.3 Å². The van der Waals surface area contributed by atoms with Gasteiger partial charge in [-0.1, -0.05) is 12.8 Å². The minimum absolute atomic E-state index is 0.134. The average Bonchev–Trinajstić information content (AvgIpc) is 2.82. The van der Waals surface area contributed by atoms with E-state index < -0.39 is 82.5 Å². The van der Waals surface area contributed by atoms with Gasteiger partial charge >= 0.3 is 36.8 Å². The van der Waals surface area contributed by atoms with E-state index >= 15 is 0 Å². The van der Waals surface area contributed by atoms with E-state index in [4.69, 9.17) is 0 Å². The van der Waals surface area contributed by atoms with Crippen molar-refractivity contribution in [2.45, 2.75) is 62.5 Å². The predicted molar refractivity (Wildman–Crippen MR) is 123 cm³/mol. The van der Waals surface area contributed by atoms with E-state index in [1.807, 2.05) is 10.6 Å². The fourth-order valence-electron chi connectivity index (χ4n) is 4.20. The Morgan fingerprint density at radius 3 is 1.00 bits per heavy atom. The summed E-state index contributed by atoms with van der Waals surface area (Å²) in [5.41, 5.74) is -8.38. The zero-order chi connectivity index (χ0) is 31.7. The van der Waals surface area contributed by atoms with Crippen molar-refractivity contribution in [3.8, 4) is 0 Å². The molecular formula is C24H20F12N4O2. The number of hydrogen-bond donors (Lipinski definition) is 4. The van der Waals surface area contributed by atoms with Crippen LogP contribution in [0.5, 0.6) is 0 Å². The Morgan fingerprint density at radius 1 is 0.500 bits per heavy atom. The molecular weight excluding hydrogens is 604 g/mol. The summed E-state index contributed by atoms with van der Waals surface area (Å²) < 4.78 is 157. The van der Waals surface area contributed by atoms with Gasteiger partial charge in [0.1, 0.15) is 0 Å². The van der Waals surface area contributed by atoms with E-state index in [1.54, 1.807) is 0 Å². The Balaban J connectivity index is 1.73. The van der Waals surface area contributed by atoms with Crippen molar-refractivity contribution in [3.63, 3.8) is 0 Å². The molecule has 2 aromatic carbocycles. The van der Waals surface area contributed by atoms with Gasteiger partial charge in [-0.25, -0.2) is 9.59 Å². The van der Waals surface area contributed by atoms with Gasteiger partial charge in [-0.15, -0.1) is 0 Å². The molecule has 1 fully saturated rings. The summed E-state index contributed by atoms with van der Waals surface area (Å²) in [6, 6.07) is -3.51. The molecule has 6 nitrogen and oxygen atoms in total. The minimum Gasteiger partial charge on any atom is -0.333 e. The van der Waals surface area contributed by atoms with Crippen LogP contribution < -0.4 is 21.3 Å². The first-order valence-electron chi connectivity index (χ1n) is 11.9. The Hall–Kier alpha value is -3.86. The molecule has 0 radical (unpaired) electrons. The van der Waals surface area contributed by atoms with Crippen molar-refractivity contribution < 1.29 is 62.3 Å². The second kappa shape index (κ2) is 11.8. The van der Waals surface area contributed by atoms with Crippen molar-refractivity contribution in [1.82, 2.24) is 10.6 Å². The number of rotatable bonds is 4. The number of urea groups is 2. The van der Waals surface area contributed by atoms with E-state index in [1.165, 1.54) is 0 Å². The molecule has 1 aliphatic carbocycles. The van der Waals surface area contributed by atoms with Crippen LogP contribution in [0.4, 0.5) is 73.6 Å². The molecule has 1 aliphatic rings. The number of benzene rings is 2. The number of nitrogens with one attached hydrogen (secondary N) is 4. The maximum absolute atomic E-state index is 13.1. The number of carbonyl (C=O) groups is 2. The SMILES string of the molecule is O=C(Nc1cc(C(F)(F)F)cc(C(F)(F)F)c1)N[C@H]1CCCC[C@@H]1NC(=O)Nc1cc(C(F)(F)F)cc(C(F)(F)F)c1. The van der Waals surface area contributed by atoms with Crippen molar-refractivity contribution in [3.05, 3.63) is 58.7 Å². The zero-order valence-corrected chi connectivity index (χ0v) is 20.8. The van der Waals surface area contributed by atoms with Gasteiger partial charge in [-0.05, 0) is 49.2 Å².